The van der Waals surface area contributed by atoms with E-state index in [1.807, 2.05) is 87.5 Å². The van der Waals surface area contributed by atoms with Crippen molar-refractivity contribution in [1.82, 2.24) is 10.2 Å². The van der Waals surface area contributed by atoms with Gasteiger partial charge < -0.3 is 10.2 Å². The minimum atomic E-state index is -0.605. The summed E-state index contributed by atoms with van der Waals surface area (Å²) in [4.78, 5) is 28.9. The lowest BCUT2D eigenvalue weighted by Gasteiger charge is -2.32. The number of carbonyl (C=O) groups excluding carboxylic acids is 2. The Labute approximate surface area is 211 Å². The molecule has 0 heterocycles. The fourth-order valence-corrected chi connectivity index (χ4v) is 4.65. The van der Waals surface area contributed by atoms with E-state index < -0.39 is 6.04 Å². The summed E-state index contributed by atoms with van der Waals surface area (Å²) in [5.41, 5.74) is 5.22. The van der Waals surface area contributed by atoms with E-state index >= 15 is 0 Å². The van der Waals surface area contributed by atoms with Crippen LogP contribution in [-0.2, 0) is 29.0 Å². The van der Waals surface area contributed by atoms with Crippen molar-refractivity contribution >= 4 is 27.7 Å². The third-order valence-corrected chi connectivity index (χ3v) is 6.19. The van der Waals surface area contributed by atoms with Gasteiger partial charge in [0, 0.05) is 24.0 Å². The van der Waals surface area contributed by atoms with E-state index in [0.717, 1.165) is 38.7 Å². The molecule has 0 aliphatic carbocycles. The van der Waals surface area contributed by atoms with E-state index in [1.54, 1.807) is 4.90 Å². The first kappa shape index (κ1) is 25.7. The Kier molecular flexibility index (Phi) is 9.46. The van der Waals surface area contributed by atoms with Crippen molar-refractivity contribution in [3.63, 3.8) is 0 Å². The van der Waals surface area contributed by atoms with E-state index in [0.29, 0.717) is 19.5 Å². The van der Waals surface area contributed by atoms with Gasteiger partial charge in [0.2, 0.25) is 11.8 Å². The maximum atomic E-state index is 13.8. The van der Waals surface area contributed by atoms with Crippen LogP contribution in [0.4, 0.5) is 0 Å². The molecule has 4 nitrogen and oxygen atoms in total. The first-order valence-electron chi connectivity index (χ1n) is 11.8. The molecule has 0 radical (unpaired) electrons. The van der Waals surface area contributed by atoms with Crippen molar-refractivity contribution < 1.29 is 9.59 Å². The van der Waals surface area contributed by atoms with E-state index in [-0.39, 0.29) is 18.2 Å². The van der Waals surface area contributed by atoms with Crippen molar-refractivity contribution in [1.29, 1.82) is 0 Å². The van der Waals surface area contributed by atoms with Crippen LogP contribution in [0.2, 0.25) is 0 Å². The maximum absolute atomic E-state index is 13.8. The van der Waals surface area contributed by atoms with Gasteiger partial charge >= 0.3 is 0 Å². The van der Waals surface area contributed by atoms with Crippen LogP contribution in [-0.4, -0.2) is 29.3 Å². The lowest BCUT2D eigenvalue weighted by atomic mass is 10.0. The number of aryl methyl sites for hydroxylation is 2. The molecule has 0 aliphatic heterocycles. The van der Waals surface area contributed by atoms with Gasteiger partial charge in [0.1, 0.15) is 6.04 Å². The monoisotopic (exact) mass is 520 g/mol. The Hall–Kier alpha value is -2.92. The van der Waals surface area contributed by atoms with E-state index in [1.165, 1.54) is 0 Å². The fourth-order valence-electron chi connectivity index (χ4n) is 4.20. The summed E-state index contributed by atoms with van der Waals surface area (Å²) in [7, 11) is 0. The van der Waals surface area contributed by atoms with Crippen molar-refractivity contribution in [2.45, 2.75) is 52.6 Å². The first-order valence-corrected chi connectivity index (χ1v) is 12.6. The molecule has 178 valence electrons. The average molecular weight is 521 g/mol. The van der Waals surface area contributed by atoms with Crippen LogP contribution in [0.1, 0.15) is 41.2 Å². The highest BCUT2D eigenvalue weighted by molar-refractivity contribution is 9.10. The lowest BCUT2D eigenvalue weighted by molar-refractivity contribution is -0.140. The number of amides is 2. The van der Waals surface area contributed by atoms with Crippen LogP contribution >= 0.6 is 15.9 Å². The zero-order valence-corrected chi connectivity index (χ0v) is 21.8. The van der Waals surface area contributed by atoms with Gasteiger partial charge in [-0.25, -0.2) is 0 Å². The molecule has 34 heavy (non-hydrogen) atoms. The van der Waals surface area contributed by atoms with Gasteiger partial charge in [-0.05, 0) is 49.1 Å². The highest BCUT2D eigenvalue weighted by Crippen LogP contribution is 2.19. The largest absolute Gasteiger partial charge is 0.354 e. The predicted molar refractivity (Wildman–Crippen MR) is 142 cm³/mol. The predicted octanol–water partition coefficient (Wildman–Crippen LogP) is 5.77. The summed E-state index contributed by atoms with van der Waals surface area (Å²) in [6, 6.07) is 23.4. The van der Waals surface area contributed by atoms with E-state index in [4.69, 9.17) is 0 Å². The Morgan fingerprint density at radius 2 is 1.56 bits per heavy atom. The number of hydrogen-bond donors (Lipinski definition) is 1. The summed E-state index contributed by atoms with van der Waals surface area (Å²) >= 11 is 3.53. The third-order valence-electron chi connectivity index (χ3n) is 5.70. The summed E-state index contributed by atoms with van der Waals surface area (Å²) in [5, 5.41) is 3.03. The van der Waals surface area contributed by atoms with E-state index in [9.17, 15) is 9.59 Å². The molecule has 0 aliphatic rings. The second kappa shape index (κ2) is 12.5. The summed E-state index contributed by atoms with van der Waals surface area (Å²) < 4.78 is 0.946. The fraction of sp³-hybridized carbons (Fsp3) is 0.310. The molecule has 0 aromatic heterocycles. The second-order valence-corrected chi connectivity index (χ2v) is 9.74. The molecule has 0 saturated carbocycles. The molecule has 0 fully saturated rings. The van der Waals surface area contributed by atoms with Gasteiger partial charge in [0.25, 0.3) is 0 Å². The standard InChI is InChI=1S/C29H33BrN2O2/c1-4-13-31-29(34)27(18-23-9-6-5-7-10-23)32(20-24-11-8-12-26(30)17-24)28(33)19-25-15-21(2)14-22(3)16-25/h5-12,14-17,27H,4,13,18-20H2,1-3H3,(H,31,34)/t27-/m0/s1. The zero-order chi connectivity index (χ0) is 24.5. The number of nitrogens with one attached hydrogen (secondary N) is 1. The third kappa shape index (κ3) is 7.56. The van der Waals surface area contributed by atoms with Crippen molar-refractivity contribution in [3.8, 4) is 0 Å². The van der Waals surface area contributed by atoms with E-state index in [2.05, 4.69) is 27.3 Å². The Morgan fingerprint density at radius 1 is 0.882 bits per heavy atom. The molecule has 0 bridgehead atoms. The molecule has 3 aromatic carbocycles. The molecule has 3 rings (SSSR count). The molecule has 0 spiro atoms. The highest BCUT2D eigenvalue weighted by Gasteiger charge is 2.30. The summed E-state index contributed by atoms with van der Waals surface area (Å²) in [6.45, 7) is 7.05. The van der Waals surface area contributed by atoms with Gasteiger partial charge in [0.15, 0.2) is 0 Å². The van der Waals surface area contributed by atoms with Crippen molar-refractivity contribution in [3.05, 3.63) is 105 Å². The quantitative estimate of drug-likeness (QED) is 0.368. The van der Waals surface area contributed by atoms with Crippen molar-refractivity contribution in [2.24, 2.45) is 0 Å². The van der Waals surface area contributed by atoms with Gasteiger partial charge in [-0.3, -0.25) is 9.59 Å². The highest BCUT2D eigenvalue weighted by atomic mass is 79.9. The number of nitrogens with zero attached hydrogens (tertiary/aromatic N) is 1. The van der Waals surface area contributed by atoms with Crippen LogP contribution in [0.25, 0.3) is 0 Å². The summed E-state index contributed by atoms with van der Waals surface area (Å²) in [6.07, 6.45) is 1.55. The van der Waals surface area contributed by atoms with Gasteiger partial charge in [-0.15, -0.1) is 0 Å². The summed E-state index contributed by atoms with van der Waals surface area (Å²) in [5.74, 6) is -0.174. The minimum Gasteiger partial charge on any atom is -0.354 e. The molecule has 0 saturated heterocycles. The van der Waals surface area contributed by atoms with Gasteiger partial charge in [-0.2, -0.15) is 0 Å². The number of hydrogen-bond acceptors (Lipinski definition) is 2. The van der Waals surface area contributed by atoms with Crippen molar-refractivity contribution in [2.75, 3.05) is 6.54 Å². The van der Waals surface area contributed by atoms with Crippen LogP contribution in [0, 0.1) is 13.8 Å². The molecular weight excluding hydrogens is 488 g/mol. The Bertz CT molecular complexity index is 1090. The van der Waals surface area contributed by atoms with Crippen LogP contribution in [0.5, 0.6) is 0 Å². The second-order valence-electron chi connectivity index (χ2n) is 8.82. The van der Waals surface area contributed by atoms with Crippen LogP contribution in [0.15, 0.2) is 77.3 Å². The van der Waals surface area contributed by atoms with Gasteiger partial charge in [0.05, 0.1) is 6.42 Å². The lowest BCUT2D eigenvalue weighted by Crippen LogP contribution is -2.51. The number of benzene rings is 3. The zero-order valence-electron chi connectivity index (χ0n) is 20.2. The number of halogens is 1. The SMILES string of the molecule is CCCNC(=O)[C@H](Cc1ccccc1)N(Cc1cccc(Br)c1)C(=O)Cc1cc(C)cc(C)c1. The molecule has 5 heteroatoms. The number of rotatable bonds is 10. The Balaban J connectivity index is 1.97. The molecule has 3 aromatic rings. The number of carbonyl (C=O) groups is 2. The topological polar surface area (TPSA) is 49.4 Å². The van der Waals surface area contributed by atoms with Gasteiger partial charge in [-0.1, -0.05) is 94.6 Å². The first-order chi connectivity index (χ1) is 16.4. The molecule has 0 unspecified atom stereocenters. The van der Waals surface area contributed by atoms with Crippen LogP contribution < -0.4 is 5.32 Å². The molecule has 1 atom stereocenters. The molecule has 2 amide bonds. The molecule has 1 N–H and O–H groups in total. The smallest absolute Gasteiger partial charge is 0.243 e. The maximum Gasteiger partial charge on any atom is 0.243 e. The van der Waals surface area contributed by atoms with Crippen LogP contribution in [0.3, 0.4) is 0 Å². The normalized spacial score (nSPS) is 11.6. The minimum absolute atomic E-state index is 0.0578. The Morgan fingerprint density at radius 3 is 2.21 bits per heavy atom. The molecular formula is C29H33BrN2O2. The average Bonchev–Trinajstić information content (AvgIpc) is 2.79.